The average molecular weight is 322 g/mol. The van der Waals surface area contributed by atoms with Gasteiger partial charge in [-0.3, -0.25) is 0 Å². The van der Waals surface area contributed by atoms with Gasteiger partial charge in [0.15, 0.2) is 5.75 Å². The van der Waals surface area contributed by atoms with E-state index in [2.05, 4.69) is 23.5 Å². The van der Waals surface area contributed by atoms with Crippen molar-refractivity contribution in [2.24, 2.45) is 0 Å². The van der Waals surface area contributed by atoms with Gasteiger partial charge in [0.2, 0.25) is 0 Å². The van der Waals surface area contributed by atoms with Crippen molar-refractivity contribution >= 4 is 21.4 Å². The molecule has 0 unspecified atom stereocenters. The topological polar surface area (TPSA) is 45.0 Å². The van der Waals surface area contributed by atoms with Crippen LogP contribution in [0.2, 0.25) is 0 Å². The molecule has 0 amide bonds. The molecule has 3 aromatic rings. The maximum absolute atomic E-state index is 9.45. The Balaban J connectivity index is 1.98. The maximum atomic E-state index is 9.45. The number of fused-ring (bicyclic) bond motifs is 1. The summed E-state index contributed by atoms with van der Waals surface area (Å²) in [5.41, 5.74) is 1.13. The highest BCUT2D eigenvalue weighted by atomic mass is 32.1. The molecule has 0 aliphatic rings. The van der Waals surface area contributed by atoms with E-state index >= 15 is 0 Å². The van der Waals surface area contributed by atoms with Gasteiger partial charge in [0.1, 0.15) is 17.1 Å². The summed E-state index contributed by atoms with van der Waals surface area (Å²) in [5.74, 6) is 0.707. The fourth-order valence-electron chi connectivity index (χ4n) is 2.59. The first-order chi connectivity index (χ1) is 11.3. The third-order valence-corrected chi connectivity index (χ3v) is 4.80. The lowest BCUT2D eigenvalue weighted by atomic mass is 10.1. The Kier molecular flexibility index (Phi) is 4.92. The van der Waals surface area contributed by atoms with Crippen LogP contribution in [0.15, 0.2) is 54.6 Å². The fraction of sp³-hybridized carbons (Fsp3) is 0.211. The standard InChI is InChI=1S/C19H18N2OS/c1-21-12-11-16(14-7-3-2-4-8-14)22-19-15-9-5-6-10-17(15)23-18(19)13-20/h2-10,16,21H,11-12H2,1H3/t16-/m0/s1. The molecule has 0 aliphatic heterocycles. The number of benzene rings is 2. The van der Waals surface area contributed by atoms with Crippen LogP contribution in [0, 0.1) is 11.3 Å². The molecule has 1 heterocycles. The maximum Gasteiger partial charge on any atom is 0.156 e. The Morgan fingerprint density at radius 1 is 1.13 bits per heavy atom. The second-order valence-electron chi connectivity index (χ2n) is 5.28. The number of nitriles is 1. The van der Waals surface area contributed by atoms with Gasteiger partial charge < -0.3 is 10.1 Å². The van der Waals surface area contributed by atoms with E-state index in [1.807, 2.05) is 49.5 Å². The van der Waals surface area contributed by atoms with Gasteiger partial charge in [-0.1, -0.05) is 42.5 Å². The molecule has 0 fully saturated rings. The minimum Gasteiger partial charge on any atom is -0.483 e. The fourth-order valence-corrected chi connectivity index (χ4v) is 3.53. The van der Waals surface area contributed by atoms with E-state index in [1.54, 1.807) is 0 Å². The number of nitrogens with zero attached hydrogens (tertiary/aromatic N) is 1. The van der Waals surface area contributed by atoms with Crippen LogP contribution in [0.3, 0.4) is 0 Å². The van der Waals surface area contributed by atoms with Gasteiger partial charge in [0.25, 0.3) is 0 Å². The minimum absolute atomic E-state index is 0.0752. The second kappa shape index (κ2) is 7.28. The van der Waals surface area contributed by atoms with Gasteiger partial charge in [0, 0.05) is 16.5 Å². The lowest BCUT2D eigenvalue weighted by molar-refractivity contribution is 0.198. The number of hydrogen-bond acceptors (Lipinski definition) is 4. The van der Waals surface area contributed by atoms with E-state index in [0.717, 1.165) is 28.6 Å². The minimum atomic E-state index is -0.0752. The molecular weight excluding hydrogens is 304 g/mol. The van der Waals surface area contributed by atoms with Gasteiger partial charge in [-0.2, -0.15) is 5.26 Å². The molecule has 3 rings (SSSR count). The zero-order valence-electron chi connectivity index (χ0n) is 13.0. The Hall–Kier alpha value is -2.35. The summed E-state index contributed by atoms with van der Waals surface area (Å²) in [6, 6.07) is 20.5. The molecule has 0 saturated carbocycles. The molecule has 116 valence electrons. The average Bonchev–Trinajstić information content (AvgIpc) is 2.97. The van der Waals surface area contributed by atoms with Crippen LogP contribution in [0.4, 0.5) is 0 Å². The van der Waals surface area contributed by atoms with Gasteiger partial charge >= 0.3 is 0 Å². The zero-order chi connectivity index (χ0) is 16.1. The molecule has 0 aliphatic carbocycles. The van der Waals surface area contributed by atoms with Crippen molar-refractivity contribution in [3.63, 3.8) is 0 Å². The van der Waals surface area contributed by atoms with Crippen molar-refractivity contribution in [3.05, 3.63) is 65.0 Å². The smallest absolute Gasteiger partial charge is 0.156 e. The lowest BCUT2D eigenvalue weighted by Crippen LogP contribution is -2.16. The molecule has 0 bridgehead atoms. The molecule has 3 nitrogen and oxygen atoms in total. The summed E-state index contributed by atoms with van der Waals surface area (Å²) in [7, 11) is 1.93. The number of rotatable bonds is 6. The van der Waals surface area contributed by atoms with Crippen molar-refractivity contribution in [1.82, 2.24) is 5.32 Å². The summed E-state index contributed by atoms with van der Waals surface area (Å²) in [6.07, 6.45) is 0.768. The summed E-state index contributed by atoms with van der Waals surface area (Å²) >= 11 is 1.48. The molecule has 0 spiro atoms. The first kappa shape index (κ1) is 15.5. The largest absolute Gasteiger partial charge is 0.483 e. The first-order valence-electron chi connectivity index (χ1n) is 7.61. The van der Waals surface area contributed by atoms with Gasteiger partial charge in [-0.15, -0.1) is 11.3 Å². The van der Waals surface area contributed by atoms with Crippen LogP contribution in [0.5, 0.6) is 5.75 Å². The summed E-state index contributed by atoms with van der Waals surface area (Å²) in [4.78, 5) is 0.636. The quantitative estimate of drug-likeness (QED) is 0.726. The van der Waals surface area contributed by atoms with Crippen LogP contribution < -0.4 is 10.1 Å². The van der Waals surface area contributed by atoms with Gasteiger partial charge in [0.05, 0.1) is 0 Å². The number of ether oxygens (including phenoxy) is 1. The summed E-state index contributed by atoms with van der Waals surface area (Å²) < 4.78 is 7.41. The van der Waals surface area contributed by atoms with Crippen molar-refractivity contribution in [1.29, 1.82) is 5.26 Å². The van der Waals surface area contributed by atoms with E-state index in [9.17, 15) is 5.26 Å². The van der Waals surface area contributed by atoms with E-state index in [-0.39, 0.29) is 6.10 Å². The van der Waals surface area contributed by atoms with Crippen molar-refractivity contribution < 1.29 is 4.74 Å². The molecular formula is C19H18N2OS. The van der Waals surface area contributed by atoms with Crippen LogP contribution in [0.1, 0.15) is 23.0 Å². The molecule has 0 radical (unpaired) electrons. The number of thiophene rings is 1. The molecule has 4 heteroatoms. The van der Waals surface area contributed by atoms with E-state index in [0.29, 0.717) is 10.6 Å². The molecule has 1 aromatic heterocycles. The van der Waals surface area contributed by atoms with Gasteiger partial charge in [-0.25, -0.2) is 0 Å². The van der Waals surface area contributed by atoms with Gasteiger partial charge in [-0.05, 0) is 31.3 Å². The van der Waals surface area contributed by atoms with Crippen LogP contribution in [-0.2, 0) is 0 Å². The summed E-state index contributed by atoms with van der Waals surface area (Å²) in [6.45, 7) is 0.851. The molecule has 1 N–H and O–H groups in total. The highest BCUT2D eigenvalue weighted by molar-refractivity contribution is 7.20. The first-order valence-corrected chi connectivity index (χ1v) is 8.43. The summed E-state index contributed by atoms with van der Waals surface area (Å²) in [5, 5.41) is 13.6. The molecule has 1 atom stereocenters. The van der Waals surface area contributed by atoms with Crippen LogP contribution in [-0.4, -0.2) is 13.6 Å². The predicted octanol–water partition coefficient (Wildman–Crippen LogP) is 4.50. The Morgan fingerprint density at radius 3 is 2.61 bits per heavy atom. The van der Waals surface area contributed by atoms with Crippen molar-refractivity contribution in [2.45, 2.75) is 12.5 Å². The van der Waals surface area contributed by atoms with E-state index in [1.165, 1.54) is 11.3 Å². The van der Waals surface area contributed by atoms with E-state index < -0.39 is 0 Å². The highest BCUT2D eigenvalue weighted by Crippen LogP contribution is 2.39. The van der Waals surface area contributed by atoms with Crippen LogP contribution >= 0.6 is 11.3 Å². The van der Waals surface area contributed by atoms with Crippen LogP contribution in [0.25, 0.3) is 10.1 Å². The third-order valence-electron chi connectivity index (χ3n) is 3.74. The number of hydrogen-bond donors (Lipinski definition) is 1. The predicted molar refractivity (Wildman–Crippen MR) is 94.9 cm³/mol. The SMILES string of the molecule is CNCC[C@H](Oc1c(C#N)sc2ccccc12)c1ccccc1. The molecule has 2 aromatic carbocycles. The molecule has 23 heavy (non-hydrogen) atoms. The Morgan fingerprint density at radius 2 is 1.87 bits per heavy atom. The lowest BCUT2D eigenvalue weighted by Gasteiger charge is -2.19. The van der Waals surface area contributed by atoms with Crippen molar-refractivity contribution in [3.8, 4) is 11.8 Å². The monoisotopic (exact) mass is 322 g/mol. The Labute approximate surface area is 140 Å². The van der Waals surface area contributed by atoms with E-state index in [4.69, 9.17) is 4.74 Å². The number of nitrogens with one attached hydrogen (secondary N) is 1. The normalized spacial score (nSPS) is 12.0. The van der Waals surface area contributed by atoms with Crippen molar-refractivity contribution in [2.75, 3.05) is 13.6 Å². The molecule has 0 saturated heterocycles. The highest BCUT2D eigenvalue weighted by Gasteiger charge is 2.19. The zero-order valence-corrected chi connectivity index (χ0v) is 13.8. The third kappa shape index (κ3) is 3.37. The second-order valence-corrected chi connectivity index (χ2v) is 6.33. The Bertz CT molecular complexity index is 820.